The van der Waals surface area contributed by atoms with Crippen molar-refractivity contribution in [3.8, 4) is 10.6 Å². The fourth-order valence-electron chi connectivity index (χ4n) is 4.52. The number of benzene rings is 1. The van der Waals surface area contributed by atoms with Crippen LogP contribution in [0.4, 0.5) is 22.5 Å². The van der Waals surface area contributed by atoms with Gasteiger partial charge in [0.15, 0.2) is 5.13 Å². The molecule has 0 radical (unpaired) electrons. The predicted octanol–water partition coefficient (Wildman–Crippen LogP) is 6.00. The number of hydrogen-bond acceptors (Lipinski definition) is 7. The van der Waals surface area contributed by atoms with Gasteiger partial charge < -0.3 is 15.5 Å². The lowest BCUT2D eigenvalue weighted by Gasteiger charge is -2.28. The second-order valence-corrected chi connectivity index (χ2v) is 9.54. The first-order valence-corrected chi connectivity index (χ1v) is 12.3. The van der Waals surface area contributed by atoms with Crippen LogP contribution >= 0.6 is 11.3 Å². The lowest BCUT2D eigenvalue weighted by atomic mass is 10.1. The standard InChI is InChI=1S/C24H30N6S/c1-17-22(31-24(26-17)28-18-7-3-4-8-18)21-13-14-25-23(29-21)27-19-9-11-20(12-10-19)30-15-5-2-6-16-30/h9-14,18H,2-8,15-16H2,1H3,(H,26,28)(H,25,27,29). The second kappa shape index (κ2) is 9.22. The van der Waals surface area contributed by atoms with Crippen LogP contribution in [0, 0.1) is 6.92 Å². The molecule has 1 aromatic carbocycles. The minimum atomic E-state index is 0.564. The van der Waals surface area contributed by atoms with Crippen molar-refractivity contribution in [2.24, 2.45) is 0 Å². The van der Waals surface area contributed by atoms with E-state index < -0.39 is 0 Å². The average Bonchev–Trinajstić information content (AvgIpc) is 3.45. The first-order chi connectivity index (χ1) is 15.2. The molecule has 0 unspecified atom stereocenters. The van der Waals surface area contributed by atoms with Gasteiger partial charge in [-0.05, 0) is 69.4 Å². The van der Waals surface area contributed by atoms with Gasteiger partial charge in [-0.15, -0.1) is 0 Å². The summed E-state index contributed by atoms with van der Waals surface area (Å²) in [5, 5.41) is 7.96. The van der Waals surface area contributed by atoms with E-state index in [1.54, 1.807) is 11.3 Å². The smallest absolute Gasteiger partial charge is 0.227 e. The molecule has 0 atom stereocenters. The molecule has 5 rings (SSSR count). The summed E-state index contributed by atoms with van der Waals surface area (Å²) in [6.07, 6.45) is 10.9. The highest BCUT2D eigenvalue weighted by Crippen LogP contribution is 2.34. The molecule has 2 aliphatic rings. The molecule has 1 aliphatic carbocycles. The molecule has 2 aromatic heterocycles. The molecule has 3 aromatic rings. The van der Waals surface area contributed by atoms with Crippen LogP contribution in [0.5, 0.6) is 0 Å². The Bertz CT molecular complexity index is 1000. The molecule has 162 valence electrons. The normalized spacial score (nSPS) is 17.1. The number of piperidine rings is 1. The number of rotatable bonds is 6. The van der Waals surface area contributed by atoms with Gasteiger partial charge in [-0.25, -0.2) is 15.0 Å². The Morgan fingerprint density at radius 2 is 1.71 bits per heavy atom. The molecule has 0 bridgehead atoms. The summed E-state index contributed by atoms with van der Waals surface area (Å²) < 4.78 is 0. The number of nitrogens with zero attached hydrogens (tertiary/aromatic N) is 4. The molecule has 1 aliphatic heterocycles. The van der Waals surface area contributed by atoms with Gasteiger partial charge in [0.1, 0.15) is 0 Å². The highest BCUT2D eigenvalue weighted by Gasteiger charge is 2.18. The Hall–Kier alpha value is -2.67. The van der Waals surface area contributed by atoms with Gasteiger partial charge in [0.25, 0.3) is 0 Å². The van der Waals surface area contributed by atoms with E-state index >= 15 is 0 Å². The number of hydrogen-bond donors (Lipinski definition) is 2. The molecular weight excluding hydrogens is 404 g/mol. The summed E-state index contributed by atoms with van der Waals surface area (Å²) in [6, 6.07) is 11.1. The molecule has 0 amide bonds. The third-order valence-corrected chi connectivity index (χ3v) is 7.32. The molecule has 0 spiro atoms. The number of anilines is 4. The summed E-state index contributed by atoms with van der Waals surface area (Å²) >= 11 is 1.69. The molecule has 2 fully saturated rings. The zero-order chi connectivity index (χ0) is 21.0. The second-order valence-electron chi connectivity index (χ2n) is 8.54. The molecule has 31 heavy (non-hydrogen) atoms. The third-order valence-electron chi connectivity index (χ3n) is 6.21. The number of aryl methyl sites for hydroxylation is 1. The van der Waals surface area contributed by atoms with Crippen LogP contribution in [0.2, 0.25) is 0 Å². The van der Waals surface area contributed by atoms with Crippen molar-refractivity contribution in [3.05, 3.63) is 42.2 Å². The fraction of sp³-hybridized carbons (Fsp3) is 0.458. The van der Waals surface area contributed by atoms with E-state index in [1.165, 1.54) is 50.6 Å². The lowest BCUT2D eigenvalue weighted by Crippen LogP contribution is -2.29. The third kappa shape index (κ3) is 4.82. The summed E-state index contributed by atoms with van der Waals surface area (Å²) in [5.41, 5.74) is 4.22. The molecule has 1 saturated carbocycles. The minimum absolute atomic E-state index is 0.564. The quantitative estimate of drug-likeness (QED) is 0.496. The summed E-state index contributed by atoms with van der Waals surface area (Å²) in [5.74, 6) is 0.612. The molecule has 6 nitrogen and oxygen atoms in total. The van der Waals surface area contributed by atoms with Crippen molar-refractivity contribution in [3.63, 3.8) is 0 Å². The van der Waals surface area contributed by atoms with Crippen molar-refractivity contribution in [2.75, 3.05) is 28.6 Å². The Morgan fingerprint density at radius 3 is 2.48 bits per heavy atom. The van der Waals surface area contributed by atoms with E-state index in [0.29, 0.717) is 12.0 Å². The van der Waals surface area contributed by atoms with Gasteiger partial charge in [0, 0.05) is 36.7 Å². The van der Waals surface area contributed by atoms with Crippen molar-refractivity contribution in [2.45, 2.75) is 57.9 Å². The predicted molar refractivity (Wildman–Crippen MR) is 130 cm³/mol. The van der Waals surface area contributed by atoms with E-state index in [1.807, 2.05) is 12.3 Å². The maximum absolute atomic E-state index is 4.77. The number of thiazole rings is 1. The highest BCUT2D eigenvalue weighted by atomic mass is 32.1. The van der Waals surface area contributed by atoms with Crippen LogP contribution in [-0.4, -0.2) is 34.1 Å². The topological polar surface area (TPSA) is 66.0 Å². The van der Waals surface area contributed by atoms with Crippen LogP contribution in [-0.2, 0) is 0 Å². The average molecular weight is 435 g/mol. The Balaban J connectivity index is 1.28. The summed E-state index contributed by atoms with van der Waals surface area (Å²) in [7, 11) is 0. The highest BCUT2D eigenvalue weighted by molar-refractivity contribution is 7.19. The first kappa shape index (κ1) is 20.2. The van der Waals surface area contributed by atoms with Gasteiger partial charge in [-0.1, -0.05) is 24.2 Å². The lowest BCUT2D eigenvalue weighted by molar-refractivity contribution is 0.578. The molecule has 7 heteroatoms. The van der Waals surface area contributed by atoms with Gasteiger partial charge in [-0.2, -0.15) is 0 Å². The maximum atomic E-state index is 4.77. The molecule has 1 saturated heterocycles. The van der Waals surface area contributed by atoms with Crippen LogP contribution in [0.15, 0.2) is 36.5 Å². The Labute approximate surface area is 188 Å². The zero-order valence-electron chi connectivity index (χ0n) is 18.1. The van der Waals surface area contributed by atoms with Crippen LogP contribution in [0.25, 0.3) is 10.6 Å². The van der Waals surface area contributed by atoms with Crippen molar-refractivity contribution in [1.29, 1.82) is 0 Å². The van der Waals surface area contributed by atoms with E-state index in [0.717, 1.165) is 40.2 Å². The van der Waals surface area contributed by atoms with Crippen LogP contribution in [0.1, 0.15) is 50.6 Å². The monoisotopic (exact) mass is 434 g/mol. The maximum Gasteiger partial charge on any atom is 0.227 e. The van der Waals surface area contributed by atoms with Crippen molar-refractivity contribution in [1.82, 2.24) is 15.0 Å². The fourth-order valence-corrected chi connectivity index (χ4v) is 5.54. The molecular formula is C24H30N6S. The van der Waals surface area contributed by atoms with E-state index in [9.17, 15) is 0 Å². The molecule has 2 N–H and O–H groups in total. The van der Waals surface area contributed by atoms with Crippen LogP contribution < -0.4 is 15.5 Å². The number of nitrogens with one attached hydrogen (secondary N) is 2. The molecule has 3 heterocycles. The van der Waals surface area contributed by atoms with Gasteiger partial charge in [0.2, 0.25) is 5.95 Å². The van der Waals surface area contributed by atoms with Crippen molar-refractivity contribution >= 4 is 33.8 Å². The SMILES string of the molecule is Cc1nc(NC2CCCC2)sc1-c1ccnc(Nc2ccc(N3CCCCC3)cc2)n1. The summed E-state index contributed by atoms with van der Waals surface area (Å²) in [6.45, 7) is 4.37. The Morgan fingerprint density at radius 1 is 0.935 bits per heavy atom. The van der Waals surface area contributed by atoms with E-state index in [2.05, 4.69) is 51.7 Å². The van der Waals surface area contributed by atoms with E-state index in [4.69, 9.17) is 9.97 Å². The minimum Gasteiger partial charge on any atom is -0.372 e. The first-order valence-electron chi connectivity index (χ1n) is 11.4. The largest absolute Gasteiger partial charge is 0.372 e. The van der Waals surface area contributed by atoms with Crippen molar-refractivity contribution < 1.29 is 0 Å². The summed E-state index contributed by atoms with van der Waals surface area (Å²) in [4.78, 5) is 17.5. The van der Waals surface area contributed by atoms with Gasteiger partial charge in [0.05, 0.1) is 16.3 Å². The zero-order valence-corrected chi connectivity index (χ0v) is 18.9. The van der Waals surface area contributed by atoms with Gasteiger partial charge >= 0.3 is 0 Å². The Kier molecular flexibility index (Phi) is 6.02. The number of aromatic nitrogens is 3. The van der Waals surface area contributed by atoms with Gasteiger partial charge in [-0.3, -0.25) is 0 Å². The van der Waals surface area contributed by atoms with Crippen LogP contribution in [0.3, 0.4) is 0 Å². The van der Waals surface area contributed by atoms with E-state index in [-0.39, 0.29) is 0 Å².